The molecule has 1 heterocycles. The van der Waals surface area contributed by atoms with Crippen molar-refractivity contribution in [3.05, 3.63) is 29.8 Å². The van der Waals surface area contributed by atoms with E-state index in [-0.39, 0.29) is 17.3 Å². The molecule has 1 aromatic rings. The molecule has 8 nitrogen and oxygen atoms in total. The van der Waals surface area contributed by atoms with Gasteiger partial charge in [0.1, 0.15) is 5.60 Å². The van der Waals surface area contributed by atoms with Crippen LogP contribution < -0.4 is 4.72 Å². The molecule has 2 rings (SSSR count). The van der Waals surface area contributed by atoms with E-state index in [1.165, 1.54) is 24.3 Å². The van der Waals surface area contributed by atoms with E-state index in [1.807, 2.05) is 0 Å². The number of sulfonamides is 1. The molecule has 1 saturated heterocycles. The van der Waals surface area contributed by atoms with Gasteiger partial charge in [0.25, 0.3) is 5.91 Å². The lowest BCUT2D eigenvalue weighted by atomic mass is 10.2. The molecule has 1 N–H and O–H groups in total. The topological polar surface area (TPSA) is 96.0 Å². The summed E-state index contributed by atoms with van der Waals surface area (Å²) in [6.45, 7) is 6.81. The van der Waals surface area contributed by atoms with Crippen molar-refractivity contribution in [3.63, 3.8) is 0 Å². The van der Waals surface area contributed by atoms with Crippen molar-refractivity contribution in [2.24, 2.45) is 0 Å². The van der Waals surface area contributed by atoms with Gasteiger partial charge in [0.05, 0.1) is 11.4 Å². The lowest BCUT2D eigenvalue weighted by Gasteiger charge is -2.35. The molecule has 0 aliphatic carbocycles. The summed E-state index contributed by atoms with van der Waals surface area (Å²) in [6, 6.07) is 5.66. The van der Waals surface area contributed by atoms with E-state index in [0.717, 1.165) is 0 Å². The lowest BCUT2D eigenvalue weighted by Crippen LogP contribution is -2.51. The van der Waals surface area contributed by atoms with E-state index in [0.29, 0.717) is 31.7 Å². The van der Waals surface area contributed by atoms with Gasteiger partial charge < -0.3 is 14.5 Å². The summed E-state index contributed by atoms with van der Waals surface area (Å²) in [5.74, 6) is 1.98. The Morgan fingerprint density at radius 2 is 1.64 bits per heavy atom. The van der Waals surface area contributed by atoms with E-state index in [1.54, 1.807) is 30.6 Å². The highest BCUT2D eigenvalue weighted by Crippen LogP contribution is 2.15. The Bertz CT molecular complexity index is 858. The van der Waals surface area contributed by atoms with Crippen molar-refractivity contribution in [2.75, 3.05) is 32.7 Å². The minimum atomic E-state index is -3.70. The van der Waals surface area contributed by atoms with E-state index in [9.17, 15) is 18.0 Å². The summed E-state index contributed by atoms with van der Waals surface area (Å²) >= 11 is 0. The van der Waals surface area contributed by atoms with Crippen LogP contribution in [0.25, 0.3) is 0 Å². The summed E-state index contributed by atoms with van der Waals surface area (Å²) in [6.07, 6.45) is 4.66. The second-order valence-electron chi connectivity index (χ2n) is 7.31. The second-order valence-corrected chi connectivity index (χ2v) is 9.08. The van der Waals surface area contributed by atoms with Crippen molar-refractivity contribution in [1.82, 2.24) is 14.5 Å². The number of nitrogens with one attached hydrogen (secondary N) is 1. The Morgan fingerprint density at radius 1 is 1.11 bits per heavy atom. The first kappa shape index (κ1) is 21.7. The summed E-state index contributed by atoms with van der Waals surface area (Å²) in [4.78, 5) is 28.0. The number of hydrogen-bond acceptors (Lipinski definition) is 5. The first-order chi connectivity index (χ1) is 13.0. The second kappa shape index (κ2) is 8.63. The molecular formula is C19H25N3O5S. The molecule has 1 aromatic carbocycles. The van der Waals surface area contributed by atoms with Crippen LogP contribution in [0, 0.1) is 12.3 Å². The van der Waals surface area contributed by atoms with Crippen LogP contribution in [-0.4, -0.2) is 68.5 Å². The maximum Gasteiger partial charge on any atom is 0.410 e. The van der Waals surface area contributed by atoms with Crippen LogP contribution in [0.4, 0.5) is 4.79 Å². The molecule has 0 bridgehead atoms. The van der Waals surface area contributed by atoms with Gasteiger partial charge in [-0.3, -0.25) is 4.79 Å². The molecule has 152 valence electrons. The van der Waals surface area contributed by atoms with Crippen molar-refractivity contribution < 1.29 is 22.7 Å². The van der Waals surface area contributed by atoms with E-state index < -0.39 is 21.7 Å². The molecule has 2 amide bonds. The van der Waals surface area contributed by atoms with Crippen LogP contribution in [0.1, 0.15) is 31.1 Å². The fourth-order valence-electron chi connectivity index (χ4n) is 2.60. The highest BCUT2D eigenvalue weighted by molar-refractivity contribution is 7.89. The molecule has 9 heteroatoms. The SMILES string of the molecule is C#CCNS(=O)(=O)c1ccc(C(=O)N2CCN(C(=O)OC(C)(C)C)CC2)cc1. The number of carbonyl (C=O) groups is 2. The molecule has 0 spiro atoms. The van der Waals surface area contributed by atoms with Gasteiger partial charge in [-0.05, 0) is 45.0 Å². The monoisotopic (exact) mass is 407 g/mol. The number of carbonyl (C=O) groups excluding carboxylic acids is 2. The molecule has 1 aliphatic rings. The third-order valence-electron chi connectivity index (χ3n) is 3.99. The molecule has 28 heavy (non-hydrogen) atoms. The number of nitrogens with zero attached hydrogens (tertiary/aromatic N) is 2. The minimum Gasteiger partial charge on any atom is -0.444 e. The quantitative estimate of drug-likeness (QED) is 0.759. The normalized spacial score (nSPS) is 15.1. The molecular weight excluding hydrogens is 382 g/mol. The zero-order valence-electron chi connectivity index (χ0n) is 16.3. The fraction of sp³-hybridized carbons (Fsp3) is 0.474. The number of piperazine rings is 1. The first-order valence-corrected chi connectivity index (χ1v) is 10.3. The zero-order chi connectivity index (χ0) is 20.9. The number of terminal acetylenes is 1. The van der Waals surface area contributed by atoms with Crippen LogP contribution in [-0.2, 0) is 14.8 Å². The third-order valence-corrected chi connectivity index (χ3v) is 5.41. The number of amides is 2. The predicted molar refractivity (Wildman–Crippen MR) is 104 cm³/mol. The van der Waals surface area contributed by atoms with Gasteiger partial charge in [-0.2, -0.15) is 4.72 Å². The van der Waals surface area contributed by atoms with Crippen LogP contribution in [0.2, 0.25) is 0 Å². The smallest absolute Gasteiger partial charge is 0.410 e. The van der Waals surface area contributed by atoms with Crippen molar-refractivity contribution in [1.29, 1.82) is 0 Å². The summed E-state index contributed by atoms with van der Waals surface area (Å²) in [5.41, 5.74) is -0.192. The highest BCUT2D eigenvalue weighted by Gasteiger charge is 2.28. The number of rotatable bonds is 4. The molecule has 0 unspecified atom stereocenters. The third kappa shape index (κ3) is 5.71. The van der Waals surface area contributed by atoms with Crippen LogP contribution in [0.5, 0.6) is 0 Å². The van der Waals surface area contributed by atoms with Crippen LogP contribution >= 0.6 is 0 Å². The lowest BCUT2D eigenvalue weighted by molar-refractivity contribution is 0.0141. The zero-order valence-corrected chi connectivity index (χ0v) is 17.1. The Kier molecular flexibility index (Phi) is 6.69. The summed E-state index contributed by atoms with van der Waals surface area (Å²) < 4.78 is 31.6. The van der Waals surface area contributed by atoms with Gasteiger partial charge in [-0.25, -0.2) is 13.2 Å². The molecule has 0 aromatic heterocycles. The highest BCUT2D eigenvalue weighted by atomic mass is 32.2. The number of benzene rings is 1. The van der Waals surface area contributed by atoms with E-state index >= 15 is 0 Å². The van der Waals surface area contributed by atoms with Gasteiger partial charge in [0, 0.05) is 31.7 Å². The van der Waals surface area contributed by atoms with Crippen molar-refractivity contribution in [2.45, 2.75) is 31.3 Å². The van der Waals surface area contributed by atoms with Crippen molar-refractivity contribution >= 4 is 22.0 Å². The van der Waals surface area contributed by atoms with E-state index in [4.69, 9.17) is 11.2 Å². The average Bonchev–Trinajstić information content (AvgIpc) is 2.65. The Labute approximate surface area is 165 Å². The van der Waals surface area contributed by atoms with Crippen molar-refractivity contribution in [3.8, 4) is 12.3 Å². The number of ether oxygens (including phenoxy) is 1. The number of hydrogen-bond donors (Lipinski definition) is 1. The van der Waals surface area contributed by atoms with Gasteiger partial charge in [-0.15, -0.1) is 6.42 Å². The minimum absolute atomic E-state index is 0.0362. The van der Waals surface area contributed by atoms with Gasteiger partial charge in [0.15, 0.2) is 0 Å². The Hall–Kier alpha value is -2.57. The van der Waals surface area contributed by atoms with Gasteiger partial charge >= 0.3 is 6.09 Å². The molecule has 0 saturated carbocycles. The van der Waals surface area contributed by atoms with Gasteiger partial charge in [0.2, 0.25) is 10.0 Å². The molecule has 1 aliphatic heterocycles. The molecule has 0 atom stereocenters. The first-order valence-electron chi connectivity index (χ1n) is 8.84. The average molecular weight is 407 g/mol. The van der Waals surface area contributed by atoms with E-state index in [2.05, 4.69) is 10.6 Å². The largest absolute Gasteiger partial charge is 0.444 e. The van der Waals surface area contributed by atoms with Gasteiger partial charge in [-0.1, -0.05) is 5.92 Å². The van der Waals surface area contributed by atoms with Crippen LogP contribution in [0.15, 0.2) is 29.2 Å². The maximum absolute atomic E-state index is 12.6. The van der Waals surface area contributed by atoms with Crippen LogP contribution in [0.3, 0.4) is 0 Å². The molecule has 0 radical (unpaired) electrons. The maximum atomic E-state index is 12.6. The summed E-state index contributed by atoms with van der Waals surface area (Å²) in [5, 5.41) is 0. The standard InChI is InChI=1S/C19H25N3O5S/c1-5-10-20-28(25,26)16-8-6-15(7-9-16)17(23)21-11-13-22(14-12-21)18(24)27-19(2,3)4/h1,6-9,20H,10-14H2,2-4H3. The summed E-state index contributed by atoms with van der Waals surface area (Å²) in [7, 11) is -3.70. The Morgan fingerprint density at radius 3 is 2.14 bits per heavy atom. The fourth-order valence-corrected chi connectivity index (χ4v) is 3.53. The molecule has 1 fully saturated rings. The Balaban J connectivity index is 1.97. The predicted octanol–water partition coefficient (Wildman–Crippen LogP) is 1.29.